The average molecular weight is 244 g/mol. The number of carboxylic acid groups (broad SMARTS) is 1. The first-order valence-corrected chi connectivity index (χ1v) is 5.61. The first kappa shape index (κ1) is 15.4. The molecule has 0 spiro atoms. The molecule has 0 saturated carbocycles. The third-order valence-electron chi connectivity index (χ3n) is 2.02. The van der Waals surface area contributed by atoms with Crippen molar-refractivity contribution >= 4 is 17.8 Å². The highest BCUT2D eigenvalue weighted by atomic mass is 16.4. The smallest absolute Gasteiger partial charge is 0.325 e. The largest absolute Gasteiger partial charge is 0.480 e. The molecule has 6 nitrogen and oxygen atoms in total. The van der Waals surface area contributed by atoms with Gasteiger partial charge < -0.3 is 15.7 Å². The quantitative estimate of drug-likeness (QED) is 0.593. The zero-order valence-corrected chi connectivity index (χ0v) is 10.4. The predicted octanol–water partition coefficient (Wildman–Crippen LogP) is 0.128. The molecule has 98 valence electrons. The molecule has 2 amide bonds. The summed E-state index contributed by atoms with van der Waals surface area (Å²) in [5.41, 5.74) is 0. The van der Waals surface area contributed by atoms with E-state index in [1.807, 2.05) is 13.8 Å². The maximum atomic E-state index is 11.2. The summed E-state index contributed by atoms with van der Waals surface area (Å²) in [6.07, 6.45) is 0.509. The molecule has 0 bridgehead atoms. The molecule has 0 aromatic rings. The van der Waals surface area contributed by atoms with Crippen molar-refractivity contribution in [3.8, 4) is 0 Å². The van der Waals surface area contributed by atoms with E-state index in [0.717, 1.165) is 0 Å². The molecule has 0 radical (unpaired) electrons. The van der Waals surface area contributed by atoms with Gasteiger partial charge in [-0.05, 0) is 12.8 Å². The number of carboxylic acids is 1. The first-order valence-electron chi connectivity index (χ1n) is 5.61. The monoisotopic (exact) mass is 244 g/mol. The maximum absolute atomic E-state index is 11.2. The van der Waals surface area contributed by atoms with Crippen molar-refractivity contribution in [3.05, 3.63) is 0 Å². The SMILES string of the molecule is CC(C)CC(=O)NCCC(=O)NC(C)C(=O)O. The van der Waals surface area contributed by atoms with Crippen LogP contribution in [0, 0.1) is 5.92 Å². The number of rotatable bonds is 7. The van der Waals surface area contributed by atoms with Gasteiger partial charge in [-0.3, -0.25) is 14.4 Å². The van der Waals surface area contributed by atoms with Crippen molar-refractivity contribution in [2.45, 2.75) is 39.7 Å². The van der Waals surface area contributed by atoms with Crippen molar-refractivity contribution in [2.75, 3.05) is 6.54 Å². The second kappa shape index (κ2) is 7.65. The average Bonchev–Trinajstić information content (AvgIpc) is 2.15. The number of carbonyl (C=O) groups excluding carboxylic acids is 2. The van der Waals surface area contributed by atoms with E-state index in [1.54, 1.807) is 0 Å². The van der Waals surface area contributed by atoms with Crippen LogP contribution in [0.5, 0.6) is 0 Å². The first-order chi connectivity index (χ1) is 7.82. The topological polar surface area (TPSA) is 95.5 Å². The minimum absolute atomic E-state index is 0.0848. The van der Waals surface area contributed by atoms with Crippen LogP contribution >= 0.6 is 0 Å². The van der Waals surface area contributed by atoms with Crippen LogP contribution in [0.2, 0.25) is 0 Å². The zero-order valence-electron chi connectivity index (χ0n) is 10.4. The number of nitrogens with one attached hydrogen (secondary N) is 2. The van der Waals surface area contributed by atoms with Crippen LogP contribution in [-0.4, -0.2) is 35.5 Å². The van der Waals surface area contributed by atoms with Crippen LogP contribution in [0.1, 0.15) is 33.6 Å². The summed E-state index contributed by atoms with van der Waals surface area (Å²) in [7, 11) is 0. The summed E-state index contributed by atoms with van der Waals surface area (Å²) in [6, 6.07) is -0.908. The molecule has 3 N–H and O–H groups in total. The summed E-state index contributed by atoms with van der Waals surface area (Å²) in [5.74, 6) is -1.29. The van der Waals surface area contributed by atoms with Gasteiger partial charge in [0.25, 0.3) is 0 Å². The van der Waals surface area contributed by atoms with E-state index in [-0.39, 0.29) is 30.7 Å². The highest BCUT2D eigenvalue weighted by Gasteiger charge is 2.13. The van der Waals surface area contributed by atoms with Gasteiger partial charge in [0.2, 0.25) is 11.8 Å². The van der Waals surface area contributed by atoms with Crippen molar-refractivity contribution in [2.24, 2.45) is 5.92 Å². The van der Waals surface area contributed by atoms with Crippen LogP contribution in [0.25, 0.3) is 0 Å². The van der Waals surface area contributed by atoms with Gasteiger partial charge in [0.1, 0.15) is 6.04 Å². The Morgan fingerprint density at radius 2 is 1.71 bits per heavy atom. The van der Waals surface area contributed by atoms with E-state index in [0.29, 0.717) is 6.42 Å². The Morgan fingerprint density at radius 3 is 2.18 bits per heavy atom. The molecule has 1 atom stereocenters. The Morgan fingerprint density at radius 1 is 1.12 bits per heavy atom. The second-order valence-corrected chi connectivity index (χ2v) is 4.33. The molecule has 0 aliphatic carbocycles. The number of hydrogen-bond donors (Lipinski definition) is 3. The van der Waals surface area contributed by atoms with Crippen molar-refractivity contribution in [1.29, 1.82) is 0 Å². The molecule has 1 unspecified atom stereocenters. The van der Waals surface area contributed by atoms with Crippen molar-refractivity contribution in [1.82, 2.24) is 10.6 Å². The molecule has 0 aromatic heterocycles. The molecular weight excluding hydrogens is 224 g/mol. The number of carbonyl (C=O) groups is 3. The Bertz CT molecular complexity index is 289. The molecule has 6 heteroatoms. The van der Waals surface area contributed by atoms with Gasteiger partial charge in [-0.15, -0.1) is 0 Å². The van der Waals surface area contributed by atoms with Crippen LogP contribution in [0.4, 0.5) is 0 Å². The van der Waals surface area contributed by atoms with E-state index in [4.69, 9.17) is 5.11 Å². The maximum Gasteiger partial charge on any atom is 0.325 e. The van der Waals surface area contributed by atoms with Gasteiger partial charge >= 0.3 is 5.97 Å². The number of aliphatic carboxylic acids is 1. The van der Waals surface area contributed by atoms with Crippen LogP contribution in [-0.2, 0) is 14.4 Å². The zero-order chi connectivity index (χ0) is 13.4. The van der Waals surface area contributed by atoms with Crippen molar-refractivity contribution < 1.29 is 19.5 Å². The Labute approximate surface area is 101 Å². The molecule has 0 aromatic carbocycles. The van der Waals surface area contributed by atoms with Gasteiger partial charge in [0.05, 0.1) is 0 Å². The van der Waals surface area contributed by atoms with Crippen LogP contribution in [0.15, 0.2) is 0 Å². The molecule has 0 fully saturated rings. The summed E-state index contributed by atoms with van der Waals surface area (Å²) >= 11 is 0. The highest BCUT2D eigenvalue weighted by Crippen LogP contribution is 1.97. The third-order valence-corrected chi connectivity index (χ3v) is 2.02. The lowest BCUT2D eigenvalue weighted by Gasteiger charge is -2.10. The van der Waals surface area contributed by atoms with Gasteiger partial charge in [-0.1, -0.05) is 13.8 Å². The minimum atomic E-state index is -1.08. The normalized spacial score (nSPS) is 12.0. The third kappa shape index (κ3) is 8.24. The molecule has 17 heavy (non-hydrogen) atoms. The van der Waals surface area contributed by atoms with E-state index in [1.165, 1.54) is 6.92 Å². The van der Waals surface area contributed by atoms with Gasteiger partial charge in [0.15, 0.2) is 0 Å². The van der Waals surface area contributed by atoms with Gasteiger partial charge in [0, 0.05) is 19.4 Å². The summed E-state index contributed by atoms with van der Waals surface area (Å²) < 4.78 is 0. The Hall–Kier alpha value is -1.59. The molecule has 0 rings (SSSR count). The standard InChI is InChI=1S/C11H20N2O4/c1-7(2)6-10(15)12-5-4-9(14)13-8(3)11(16)17/h7-8H,4-6H2,1-3H3,(H,12,15)(H,13,14)(H,16,17). The number of hydrogen-bond acceptors (Lipinski definition) is 3. The van der Waals surface area contributed by atoms with E-state index < -0.39 is 12.0 Å². The Balaban J connectivity index is 3.71. The molecule has 0 aliphatic rings. The minimum Gasteiger partial charge on any atom is -0.480 e. The molecule has 0 heterocycles. The highest BCUT2D eigenvalue weighted by molar-refractivity contribution is 5.83. The van der Waals surface area contributed by atoms with E-state index >= 15 is 0 Å². The van der Waals surface area contributed by atoms with Crippen LogP contribution < -0.4 is 10.6 Å². The van der Waals surface area contributed by atoms with Crippen LogP contribution in [0.3, 0.4) is 0 Å². The fraction of sp³-hybridized carbons (Fsp3) is 0.727. The second-order valence-electron chi connectivity index (χ2n) is 4.33. The number of amides is 2. The van der Waals surface area contributed by atoms with Crippen molar-refractivity contribution in [3.63, 3.8) is 0 Å². The summed E-state index contributed by atoms with van der Waals surface area (Å²) in [4.78, 5) is 32.9. The molecule has 0 saturated heterocycles. The van der Waals surface area contributed by atoms with E-state index in [9.17, 15) is 14.4 Å². The van der Waals surface area contributed by atoms with Gasteiger partial charge in [-0.2, -0.15) is 0 Å². The predicted molar refractivity (Wildman–Crippen MR) is 62.3 cm³/mol. The Kier molecular flexibility index (Phi) is 6.93. The summed E-state index contributed by atoms with van der Waals surface area (Å²) in [6.45, 7) is 5.48. The summed E-state index contributed by atoms with van der Waals surface area (Å²) in [5, 5.41) is 13.5. The molecular formula is C11H20N2O4. The van der Waals surface area contributed by atoms with Gasteiger partial charge in [-0.25, -0.2) is 0 Å². The lowest BCUT2D eigenvalue weighted by Crippen LogP contribution is -2.39. The fourth-order valence-corrected chi connectivity index (χ4v) is 1.13. The molecule has 0 aliphatic heterocycles. The van der Waals surface area contributed by atoms with E-state index in [2.05, 4.69) is 10.6 Å². The lowest BCUT2D eigenvalue weighted by atomic mass is 10.1. The fourth-order valence-electron chi connectivity index (χ4n) is 1.13. The lowest BCUT2D eigenvalue weighted by molar-refractivity contribution is -0.141.